The summed E-state index contributed by atoms with van der Waals surface area (Å²) in [7, 11) is -4.29. The van der Waals surface area contributed by atoms with Gasteiger partial charge in [0.25, 0.3) is 10.1 Å². The van der Waals surface area contributed by atoms with Gasteiger partial charge in [-0.25, -0.2) is 0 Å². The Balaban J connectivity index is 4.06. The van der Waals surface area contributed by atoms with Gasteiger partial charge in [-0.15, -0.1) is 0 Å². The second-order valence-corrected chi connectivity index (χ2v) is 11.5. The molecule has 1 amide bonds. The quantitative estimate of drug-likeness (QED) is 0.0654. The van der Waals surface area contributed by atoms with E-state index >= 15 is 0 Å². The van der Waals surface area contributed by atoms with Crippen molar-refractivity contribution < 1.29 is 22.9 Å². The summed E-state index contributed by atoms with van der Waals surface area (Å²) in [6.07, 6.45) is 27.0. The van der Waals surface area contributed by atoms with Crippen LogP contribution in [-0.4, -0.2) is 41.9 Å². The number of hydrogen-bond acceptors (Lipinski definition) is 4. The highest BCUT2D eigenvalue weighted by Gasteiger charge is 2.25. The van der Waals surface area contributed by atoms with E-state index in [4.69, 9.17) is 0 Å². The number of carbonyl (C=O) groups excluding carboxylic acids is 1. The number of aliphatic hydroxyl groups is 1. The fourth-order valence-electron chi connectivity index (χ4n) is 4.19. The molecule has 0 rings (SSSR count). The fraction of sp³-hybridized carbons (Fsp3) is 0.828. The molecule has 0 saturated carbocycles. The molecular formula is C29H55NO5S. The van der Waals surface area contributed by atoms with Crippen LogP contribution in [-0.2, 0) is 14.9 Å². The van der Waals surface area contributed by atoms with E-state index in [0.717, 1.165) is 70.6 Å². The van der Waals surface area contributed by atoms with Gasteiger partial charge in [-0.2, -0.15) is 8.42 Å². The van der Waals surface area contributed by atoms with Crippen LogP contribution >= 0.6 is 0 Å². The van der Waals surface area contributed by atoms with E-state index in [2.05, 4.69) is 43.5 Å². The third-order valence-electron chi connectivity index (χ3n) is 6.39. The Bertz CT molecular complexity index is 675. The van der Waals surface area contributed by atoms with Gasteiger partial charge in [-0.1, -0.05) is 115 Å². The number of unbranched alkanes of at least 4 members (excludes halogenated alkanes) is 13. The first-order valence-corrected chi connectivity index (χ1v) is 16.1. The minimum atomic E-state index is -4.29. The van der Waals surface area contributed by atoms with Crippen LogP contribution in [0.1, 0.15) is 136 Å². The van der Waals surface area contributed by atoms with E-state index in [9.17, 15) is 22.9 Å². The van der Waals surface area contributed by atoms with Gasteiger partial charge in [0.05, 0.1) is 17.9 Å². The van der Waals surface area contributed by atoms with Gasteiger partial charge in [0.15, 0.2) is 0 Å². The second kappa shape index (κ2) is 24.2. The van der Waals surface area contributed by atoms with Crippen LogP contribution in [0.5, 0.6) is 0 Å². The molecule has 0 aromatic rings. The molecule has 0 aliphatic rings. The maximum atomic E-state index is 12.3. The van der Waals surface area contributed by atoms with Gasteiger partial charge in [0.1, 0.15) is 0 Å². The third-order valence-corrected chi connectivity index (χ3v) is 7.17. The van der Waals surface area contributed by atoms with Crippen LogP contribution in [0.4, 0.5) is 0 Å². The Kier molecular flexibility index (Phi) is 23.4. The van der Waals surface area contributed by atoms with Gasteiger partial charge < -0.3 is 10.4 Å². The minimum absolute atomic E-state index is 0.266. The highest BCUT2D eigenvalue weighted by molar-refractivity contribution is 7.85. The number of carbonyl (C=O) groups is 1. The predicted octanol–water partition coefficient (Wildman–Crippen LogP) is 7.28. The van der Waals surface area contributed by atoms with E-state index in [-0.39, 0.29) is 5.91 Å². The van der Waals surface area contributed by atoms with Crippen LogP contribution in [0.25, 0.3) is 0 Å². The molecule has 0 aliphatic heterocycles. The molecule has 0 bridgehead atoms. The van der Waals surface area contributed by atoms with Gasteiger partial charge in [0, 0.05) is 6.42 Å². The zero-order chi connectivity index (χ0) is 26.9. The molecule has 0 spiro atoms. The van der Waals surface area contributed by atoms with Crippen molar-refractivity contribution in [2.24, 2.45) is 0 Å². The molecule has 36 heavy (non-hydrogen) atoms. The Morgan fingerprint density at radius 3 is 1.92 bits per heavy atom. The lowest BCUT2D eigenvalue weighted by atomic mass is 10.0. The van der Waals surface area contributed by atoms with E-state index < -0.39 is 28.0 Å². The first kappa shape index (κ1) is 34.8. The summed E-state index contributed by atoms with van der Waals surface area (Å²) in [5.74, 6) is -0.920. The normalized spacial score (nSPS) is 14.0. The van der Waals surface area contributed by atoms with Crippen molar-refractivity contribution in [2.75, 3.05) is 5.75 Å². The maximum Gasteiger partial charge on any atom is 0.266 e. The molecule has 0 fully saturated rings. The van der Waals surface area contributed by atoms with Crippen molar-refractivity contribution in [2.45, 2.75) is 148 Å². The Morgan fingerprint density at radius 2 is 1.31 bits per heavy atom. The molecule has 0 radical (unpaired) electrons. The molecule has 7 heteroatoms. The Labute approximate surface area is 222 Å². The molecular weight excluding hydrogens is 474 g/mol. The van der Waals surface area contributed by atoms with Crippen molar-refractivity contribution >= 4 is 16.0 Å². The molecule has 6 nitrogen and oxygen atoms in total. The zero-order valence-corrected chi connectivity index (χ0v) is 24.0. The average molecular weight is 530 g/mol. The summed E-state index contributed by atoms with van der Waals surface area (Å²) < 4.78 is 32.1. The summed E-state index contributed by atoms with van der Waals surface area (Å²) in [4.78, 5) is 12.3. The van der Waals surface area contributed by atoms with Gasteiger partial charge >= 0.3 is 0 Å². The SMILES string of the molecule is CCC/C=C\C/C=C\CCCCCCCC(=O)NC(CS(=O)(=O)O)C(O)CCCCCCCCCC. The highest BCUT2D eigenvalue weighted by Crippen LogP contribution is 2.13. The Hall–Kier alpha value is -1.18. The molecule has 0 aromatic heterocycles. The second-order valence-electron chi connectivity index (χ2n) is 10.0. The zero-order valence-electron chi connectivity index (χ0n) is 23.1. The molecule has 0 aromatic carbocycles. The molecule has 0 aliphatic carbocycles. The van der Waals surface area contributed by atoms with Crippen molar-refractivity contribution in [3.63, 3.8) is 0 Å². The number of hydrogen-bond donors (Lipinski definition) is 3. The van der Waals surface area contributed by atoms with Crippen LogP contribution < -0.4 is 5.32 Å². The standard InChI is InChI=1S/C29H55NO5S/c1-3-5-7-9-11-13-14-15-16-17-19-21-23-25-29(32)30-27(26-36(33,34)35)28(31)24-22-20-18-12-10-8-6-4-2/h7,9,13-14,27-28,31H,3-6,8,10-12,15-26H2,1-2H3,(H,30,32)(H,33,34,35)/b9-7-,14-13-. The van der Waals surface area contributed by atoms with E-state index in [0.29, 0.717) is 12.8 Å². The summed E-state index contributed by atoms with van der Waals surface area (Å²) in [5, 5.41) is 13.1. The summed E-state index contributed by atoms with van der Waals surface area (Å²) in [6, 6.07) is -0.972. The van der Waals surface area contributed by atoms with E-state index in [1.165, 1.54) is 38.5 Å². The smallest absolute Gasteiger partial charge is 0.266 e. The summed E-state index contributed by atoms with van der Waals surface area (Å²) in [5.41, 5.74) is 0. The van der Waals surface area contributed by atoms with Gasteiger partial charge in [-0.05, 0) is 38.5 Å². The van der Waals surface area contributed by atoms with Gasteiger partial charge in [-0.3, -0.25) is 9.35 Å². The summed E-state index contributed by atoms with van der Waals surface area (Å²) >= 11 is 0. The number of allylic oxidation sites excluding steroid dienone is 4. The first-order chi connectivity index (χ1) is 17.3. The van der Waals surface area contributed by atoms with Crippen molar-refractivity contribution in [1.82, 2.24) is 5.32 Å². The number of aliphatic hydroxyl groups excluding tert-OH is 1. The van der Waals surface area contributed by atoms with Crippen LogP contribution in [0.15, 0.2) is 24.3 Å². The molecule has 2 unspecified atom stereocenters. The van der Waals surface area contributed by atoms with E-state index in [1.54, 1.807) is 0 Å². The number of amides is 1. The van der Waals surface area contributed by atoms with Crippen molar-refractivity contribution in [3.8, 4) is 0 Å². The van der Waals surface area contributed by atoms with Crippen molar-refractivity contribution in [1.29, 1.82) is 0 Å². The molecule has 0 saturated heterocycles. The monoisotopic (exact) mass is 529 g/mol. The third kappa shape index (κ3) is 24.5. The van der Waals surface area contributed by atoms with Gasteiger partial charge in [0.2, 0.25) is 5.91 Å². The Morgan fingerprint density at radius 1 is 0.750 bits per heavy atom. The predicted molar refractivity (Wildman–Crippen MR) is 152 cm³/mol. The van der Waals surface area contributed by atoms with Crippen LogP contribution in [0, 0.1) is 0 Å². The highest BCUT2D eigenvalue weighted by atomic mass is 32.2. The molecule has 0 heterocycles. The lowest BCUT2D eigenvalue weighted by Gasteiger charge is -2.23. The van der Waals surface area contributed by atoms with Crippen molar-refractivity contribution in [3.05, 3.63) is 24.3 Å². The van der Waals surface area contributed by atoms with E-state index in [1.807, 2.05) is 0 Å². The maximum absolute atomic E-state index is 12.3. The average Bonchev–Trinajstić information content (AvgIpc) is 2.82. The fourth-order valence-corrected chi connectivity index (χ4v) is 4.95. The lowest BCUT2D eigenvalue weighted by Crippen LogP contribution is -2.47. The molecule has 3 N–H and O–H groups in total. The molecule has 212 valence electrons. The largest absolute Gasteiger partial charge is 0.391 e. The lowest BCUT2D eigenvalue weighted by molar-refractivity contribution is -0.122. The topological polar surface area (TPSA) is 104 Å². The first-order valence-electron chi connectivity index (χ1n) is 14.5. The van der Waals surface area contributed by atoms with Crippen LogP contribution in [0.2, 0.25) is 0 Å². The minimum Gasteiger partial charge on any atom is -0.391 e. The summed E-state index contributed by atoms with van der Waals surface area (Å²) in [6.45, 7) is 4.37. The number of nitrogens with one attached hydrogen (secondary N) is 1. The van der Waals surface area contributed by atoms with Crippen LogP contribution in [0.3, 0.4) is 0 Å². The number of rotatable bonds is 25. The molecule has 2 atom stereocenters.